The van der Waals surface area contributed by atoms with Crippen LogP contribution in [0.1, 0.15) is 22.8 Å². The van der Waals surface area contributed by atoms with Gasteiger partial charge in [-0.1, -0.05) is 0 Å². The number of carbonyl (C=O) groups excluding carboxylic acids is 1. The molecule has 1 aromatic heterocycles. The van der Waals surface area contributed by atoms with Crippen molar-refractivity contribution in [3.63, 3.8) is 0 Å². The van der Waals surface area contributed by atoms with Crippen LogP contribution in [0, 0.1) is 12.7 Å². The highest BCUT2D eigenvalue weighted by atomic mass is 19.1. The van der Waals surface area contributed by atoms with Crippen molar-refractivity contribution in [2.75, 3.05) is 0 Å². The lowest BCUT2D eigenvalue weighted by Crippen LogP contribution is -2.00. The molecule has 58 valence electrons. The molecule has 0 aliphatic carbocycles. The molecule has 2 nitrogen and oxygen atoms in total. The molecule has 0 N–H and O–H groups in total. The fourth-order valence-corrected chi connectivity index (χ4v) is 0.978. The van der Waals surface area contributed by atoms with Gasteiger partial charge in [0, 0.05) is 6.20 Å². The van der Waals surface area contributed by atoms with Crippen molar-refractivity contribution in [1.82, 2.24) is 4.98 Å². The summed E-state index contributed by atoms with van der Waals surface area (Å²) in [7, 11) is 0. The molecular weight excluding hydrogens is 145 g/mol. The minimum atomic E-state index is -0.544. The third kappa shape index (κ3) is 1.42. The summed E-state index contributed by atoms with van der Waals surface area (Å²) < 4.78 is 12.8. The summed E-state index contributed by atoms with van der Waals surface area (Å²) >= 11 is 0. The molecule has 0 aromatic carbocycles. The van der Waals surface area contributed by atoms with Gasteiger partial charge in [-0.25, -0.2) is 4.39 Å². The molecular formula is C8H8FNO. The van der Waals surface area contributed by atoms with E-state index in [1.54, 1.807) is 6.92 Å². The summed E-state index contributed by atoms with van der Waals surface area (Å²) in [5.74, 6) is -0.806. The molecule has 0 aliphatic heterocycles. The van der Waals surface area contributed by atoms with E-state index in [1.165, 1.54) is 13.1 Å². The SMILES string of the molecule is CC(=O)c1c(C)cncc1F. The zero-order chi connectivity index (χ0) is 8.43. The Morgan fingerprint density at radius 3 is 2.55 bits per heavy atom. The van der Waals surface area contributed by atoms with E-state index >= 15 is 0 Å². The first-order valence-electron chi connectivity index (χ1n) is 3.24. The van der Waals surface area contributed by atoms with Crippen molar-refractivity contribution in [3.05, 3.63) is 29.3 Å². The van der Waals surface area contributed by atoms with E-state index in [4.69, 9.17) is 0 Å². The highest BCUT2D eigenvalue weighted by Crippen LogP contribution is 2.10. The molecule has 0 fully saturated rings. The average Bonchev–Trinajstić information content (AvgIpc) is 1.85. The Kier molecular flexibility index (Phi) is 1.98. The first kappa shape index (κ1) is 7.85. The second-order valence-electron chi connectivity index (χ2n) is 2.37. The predicted molar refractivity (Wildman–Crippen MR) is 38.9 cm³/mol. The Bertz CT molecular complexity index is 276. The normalized spacial score (nSPS) is 9.73. The molecule has 0 unspecified atom stereocenters. The number of hydrogen-bond donors (Lipinski definition) is 0. The van der Waals surface area contributed by atoms with E-state index in [9.17, 15) is 9.18 Å². The zero-order valence-corrected chi connectivity index (χ0v) is 6.39. The van der Waals surface area contributed by atoms with Gasteiger partial charge in [0.25, 0.3) is 0 Å². The van der Waals surface area contributed by atoms with Crippen molar-refractivity contribution in [1.29, 1.82) is 0 Å². The molecule has 1 aromatic rings. The molecule has 0 amide bonds. The van der Waals surface area contributed by atoms with Gasteiger partial charge in [-0.3, -0.25) is 9.78 Å². The molecule has 1 heterocycles. The van der Waals surface area contributed by atoms with Crippen LogP contribution in [0.4, 0.5) is 4.39 Å². The fourth-order valence-electron chi connectivity index (χ4n) is 0.978. The van der Waals surface area contributed by atoms with Gasteiger partial charge < -0.3 is 0 Å². The van der Waals surface area contributed by atoms with Crippen LogP contribution in [-0.4, -0.2) is 10.8 Å². The average molecular weight is 153 g/mol. The second kappa shape index (κ2) is 2.78. The topological polar surface area (TPSA) is 30.0 Å². The number of carbonyl (C=O) groups is 1. The van der Waals surface area contributed by atoms with E-state index in [0.717, 1.165) is 6.20 Å². The molecule has 3 heteroatoms. The number of halogens is 1. The number of hydrogen-bond acceptors (Lipinski definition) is 2. The van der Waals surface area contributed by atoms with Crippen LogP contribution in [0.5, 0.6) is 0 Å². The van der Waals surface area contributed by atoms with Crippen LogP contribution in [0.15, 0.2) is 12.4 Å². The summed E-state index contributed by atoms with van der Waals surface area (Å²) in [5.41, 5.74) is 0.720. The summed E-state index contributed by atoms with van der Waals surface area (Å²) in [6.45, 7) is 3.00. The van der Waals surface area contributed by atoms with Gasteiger partial charge >= 0.3 is 0 Å². The van der Waals surface area contributed by atoms with E-state index in [-0.39, 0.29) is 11.3 Å². The van der Waals surface area contributed by atoms with Gasteiger partial charge in [-0.15, -0.1) is 0 Å². The third-order valence-corrected chi connectivity index (χ3v) is 1.44. The van der Waals surface area contributed by atoms with Crippen LogP contribution in [0.25, 0.3) is 0 Å². The number of aromatic nitrogens is 1. The van der Waals surface area contributed by atoms with Gasteiger partial charge in [0.05, 0.1) is 11.8 Å². The number of nitrogens with zero attached hydrogens (tertiary/aromatic N) is 1. The van der Waals surface area contributed by atoms with Crippen molar-refractivity contribution >= 4 is 5.78 Å². The molecule has 0 saturated carbocycles. The van der Waals surface area contributed by atoms with Crippen molar-refractivity contribution in [2.45, 2.75) is 13.8 Å². The summed E-state index contributed by atoms with van der Waals surface area (Å²) in [5, 5.41) is 0. The number of Topliss-reactive ketones (excluding diaryl/α,β-unsaturated/α-hetero) is 1. The third-order valence-electron chi connectivity index (χ3n) is 1.44. The number of aryl methyl sites for hydroxylation is 1. The molecule has 0 spiro atoms. The van der Waals surface area contributed by atoms with Crippen molar-refractivity contribution < 1.29 is 9.18 Å². The van der Waals surface area contributed by atoms with Gasteiger partial charge in [0.1, 0.15) is 0 Å². The maximum atomic E-state index is 12.8. The second-order valence-corrected chi connectivity index (χ2v) is 2.37. The lowest BCUT2D eigenvalue weighted by Gasteiger charge is -2.00. The maximum Gasteiger partial charge on any atom is 0.163 e. The lowest BCUT2D eigenvalue weighted by molar-refractivity contribution is 0.101. The number of rotatable bonds is 1. The minimum absolute atomic E-state index is 0.139. The van der Waals surface area contributed by atoms with Gasteiger partial charge in [0.2, 0.25) is 0 Å². The Balaban J connectivity index is 3.32. The number of pyridine rings is 1. The molecule has 0 radical (unpaired) electrons. The first-order valence-corrected chi connectivity index (χ1v) is 3.24. The summed E-state index contributed by atoms with van der Waals surface area (Å²) in [6, 6.07) is 0. The van der Waals surface area contributed by atoms with Gasteiger partial charge in [-0.05, 0) is 19.4 Å². The van der Waals surface area contributed by atoms with Gasteiger partial charge in [0.15, 0.2) is 11.6 Å². The Morgan fingerprint density at radius 1 is 1.55 bits per heavy atom. The molecule has 0 bridgehead atoms. The smallest absolute Gasteiger partial charge is 0.163 e. The van der Waals surface area contributed by atoms with Crippen LogP contribution in [0.2, 0.25) is 0 Å². The van der Waals surface area contributed by atoms with Gasteiger partial charge in [-0.2, -0.15) is 0 Å². The lowest BCUT2D eigenvalue weighted by atomic mass is 10.1. The van der Waals surface area contributed by atoms with Crippen LogP contribution >= 0.6 is 0 Å². The summed E-state index contributed by atoms with van der Waals surface area (Å²) in [4.78, 5) is 14.4. The monoisotopic (exact) mass is 153 g/mol. The van der Waals surface area contributed by atoms with E-state index in [1.807, 2.05) is 0 Å². The standard InChI is InChI=1S/C8H8FNO/c1-5-3-10-4-7(9)8(5)6(2)11/h3-4H,1-2H3. The molecule has 1 rings (SSSR count). The number of ketones is 1. The van der Waals surface area contributed by atoms with E-state index < -0.39 is 5.82 Å². The quantitative estimate of drug-likeness (QED) is 0.575. The maximum absolute atomic E-state index is 12.8. The molecule has 0 atom stereocenters. The highest BCUT2D eigenvalue weighted by molar-refractivity contribution is 5.95. The van der Waals surface area contributed by atoms with Crippen molar-refractivity contribution in [2.24, 2.45) is 0 Å². The Labute approximate surface area is 64.1 Å². The fraction of sp³-hybridized carbons (Fsp3) is 0.250. The largest absolute Gasteiger partial charge is 0.294 e. The summed E-state index contributed by atoms with van der Waals surface area (Å²) in [6.07, 6.45) is 2.52. The Hall–Kier alpha value is -1.25. The molecule has 11 heavy (non-hydrogen) atoms. The molecule has 0 saturated heterocycles. The minimum Gasteiger partial charge on any atom is -0.294 e. The van der Waals surface area contributed by atoms with E-state index in [0.29, 0.717) is 5.56 Å². The van der Waals surface area contributed by atoms with Crippen LogP contribution < -0.4 is 0 Å². The van der Waals surface area contributed by atoms with Crippen LogP contribution in [-0.2, 0) is 0 Å². The van der Waals surface area contributed by atoms with E-state index in [2.05, 4.69) is 4.98 Å². The predicted octanol–water partition coefficient (Wildman–Crippen LogP) is 1.73. The van der Waals surface area contributed by atoms with Crippen LogP contribution in [0.3, 0.4) is 0 Å². The molecule has 0 aliphatic rings. The highest BCUT2D eigenvalue weighted by Gasteiger charge is 2.09. The first-order chi connectivity index (χ1) is 5.13. The zero-order valence-electron chi connectivity index (χ0n) is 6.39. The Morgan fingerprint density at radius 2 is 2.18 bits per heavy atom. The van der Waals surface area contributed by atoms with Crippen molar-refractivity contribution in [3.8, 4) is 0 Å².